The third-order valence-electron chi connectivity index (χ3n) is 2.27. The maximum atomic E-state index is 11.6. The monoisotopic (exact) mass is 207 g/mol. The molecule has 0 heterocycles. The van der Waals surface area contributed by atoms with E-state index in [2.05, 4.69) is 5.32 Å². The molecule has 0 saturated heterocycles. The number of ketones is 1. The Bertz CT molecular complexity index is 306. The van der Waals surface area contributed by atoms with Crippen LogP contribution in [0.3, 0.4) is 0 Å². The Kier molecular flexibility index (Phi) is 4.84. The lowest BCUT2D eigenvalue weighted by molar-refractivity contribution is 0.0979. The van der Waals surface area contributed by atoms with Crippen LogP contribution in [0.2, 0.25) is 0 Å². The van der Waals surface area contributed by atoms with Crippen molar-refractivity contribution in [1.29, 1.82) is 0 Å². The summed E-state index contributed by atoms with van der Waals surface area (Å²) >= 11 is 0. The molecule has 82 valence electrons. The summed E-state index contributed by atoms with van der Waals surface area (Å²) in [5.41, 5.74) is 0.678. The average Bonchev–Trinajstić information content (AvgIpc) is 2.25. The van der Waals surface area contributed by atoms with E-state index in [1.165, 1.54) is 0 Å². The zero-order valence-electron chi connectivity index (χ0n) is 8.99. The number of phenols is 1. The minimum absolute atomic E-state index is 0.145. The molecule has 0 aliphatic heterocycles. The predicted octanol–water partition coefficient (Wildman–Crippen LogP) is 1.96. The highest BCUT2D eigenvalue weighted by Gasteiger charge is 2.04. The number of rotatable bonds is 6. The van der Waals surface area contributed by atoms with E-state index >= 15 is 0 Å². The topological polar surface area (TPSA) is 49.3 Å². The highest BCUT2D eigenvalue weighted by Crippen LogP contribution is 2.12. The number of aromatic hydroxyl groups is 1. The van der Waals surface area contributed by atoms with Crippen LogP contribution in [0.15, 0.2) is 24.3 Å². The summed E-state index contributed by atoms with van der Waals surface area (Å²) in [6.45, 7) is 0.947. The number of nitrogens with one attached hydrogen (secondary N) is 1. The molecule has 0 aliphatic carbocycles. The molecule has 0 unspecified atom stereocenters. The number of carbonyl (C=O) groups excluding carboxylic acids is 1. The number of unbranched alkanes of at least 4 members (excludes halogenated alkanes) is 1. The molecule has 0 fully saturated rings. The molecule has 3 nitrogen and oxygen atoms in total. The Morgan fingerprint density at radius 2 is 1.93 bits per heavy atom. The molecular weight excluding hydrogens is 190 g/mol. The fraction of sp³-hybridized carbons (Fsp3) is 0.417. The van der Waals surface area contributed by atoms with Gasteiger partial charge in [-0.05, 0) is 50.7 Å². The van der Waals surface area contributed by atoms with Gasteiger partial charge in [-0.25, -0.2) is 0 Å². The average molecular weight is 207 g/mol. The first-order valence-corrected chi connectivity index (χ1v) is 5.21. The second-order valence-corrected chi connectivity index (χ2v) is 3.53. The van der Waals surface area contributed by atoms with Crippen molar-refractivity contribution in [3.63, 3.8) is 0 Å². The van der Waals surface area contributed by atoms with Crippen LogP contribution in [0.1, 0.15) is 29.6 Å². The lowest BCUT2D eigenvalue weighted by Gasteiger charge is -2.01. The number of phenolic OH excluding ortho intramolecular Hbond substituents is 1. The van der Waals surface area contributed by atoms with E-state index in [1.54, 1.807) is 24.3 Å². The molecule has 0 atom stereocenters. The number of hydrogen-bond donors (Lipinski definition) is 2. The second kappa shape index (κ2) is 6.19. The fourth-order valence-corrected chi connectivity index (χ4v) is 1.38. The largest absolute Gasteiger partial charge is 0.508 e. The molecule has 1 aromatic carbocycles. The maximum absolute atomic E-state index is 11.6. The Labute approximate surface area is 90.1 Å². The van der Waals surface area contributed by atoms with Crippen LogP contribution >= 0.6 is 0 Å². The van der Waals surface area contributed by atoms with Crippen molar-refractivity contribution in [2.75, 3.05) is 13.6 Å². The first-order valence-electron chi connectivity index (χ1n) is 5.21. The van der Waals surface area contributed by atoms with Crippen molar-refractivity contribution in [1.82, 2.24) is 5.32 Å². The van der Waals surface area contributed by atoms with Crippen LogP contribution in [0.25, 0.3) is 0 Å². The minimum atomic E-state index is 0.145. The summed E-state index contributed by atoms with van der Waals surface area (Å²) in [6, 6.07) is 6.41. The fourth-order valence-electron chi connectivity index (χ4n) is 1.38. The molecule has 15 heavy (non-hydrogen) atoms. The van der Waals surface area contributed by atoms with Gasteiger partial charge in [0, 0.05) is 12.0 Å². The summed E-state index contributed by atoms with van der Waals surface area (Å²) in [7, 11) is 1.90. The normalized spacial score (nSPS) is 10.2. The molecule has 3 heteroatoms. The smallest absolute Gasteiger partial charge is 0.162 e. The van der Waals surface area contributed by atoms with Gasteiger partial charge in [-0.15, -0.1) is 0 Å². The first kappa shape index (κ1) is 11.7. The van der Waals surface area contributed by atoms with Gasteiger partial charge in [-0.2, -0.15) is 0 Å². The highest BCUT2D eigenvalue weighted by molar-refractivity contribution is 5.96. The lowest BCUT2D eigenvalue weighted by atomic mass is 10.1. The molecule has 0 bridgehead atoms. The minimum Gasteiger partial charge on any atom is -0.508 e. The van der Waals surface area contributed by atoms with E-state index in [1.807, 2.05) is 7.05 Å². The van der Waals surface area contributed by atoms with Crippen LogP contribution in [0.5, 0.6) is 5.75 Å². The van der Waals surface area contributed by atoms with E-state index < -0.39 is 0 Å². The van der Waals surface area contributed by atoms with Crippen LogP contribution in [0, 0.1) is 0 Å². The number of carbonyl (C=O) groups is 1. The van der Waals surface area contributed by atoms with E-state index in [0.29, 0.717) is 12.0 Å². The Hall–Kier alpha value is -1.35. The zero-order chi connectivity index (χ0) is 11.1. The van der Waals surface area contributed by atoms with Crippen molar-refractivity contribution < 1.29 is 9.90 Å². The van der Waals surface area contributed by atoms with Crippen LogP contribution in [-0.2, 0) is 0 Å². The van der Waals surface area contributed by atoms with Crippen molar-refractivity contribution in [3.05, 3.63) is 29.8 Å². The summed E-state index contributed by atoms with van der Waals surface area (Å²) in [4.78, 5) is 11.6. The van der Waals surface area contributed by atoms with Crippen LogP contribution in [-0.4, -0.2) is 24.5 Å². The Morgan fingerprint density at radius 3 is 2.53 bits per heavy atom. The van der Waals surface area contributed by atoms with E-state index in [4.69, 9.17) is 5.11 Å². The third-order valence-corrected chi connectivity index (χ3v) is 2.27. The molecule has 0 spiro atoms. The Balaban J connectivity index is 2.37. The van der Waals surface area contributed by atoms with E-state index in [0.717, 1.165) is 19.4 Å². The number of hydrogen-bond acceptors (Lipinski definition) is 3. The van der Waals surface area contributed by atoms with Gasteiger partial charge in [0.15, 0.2) is 5.78 Å². The zero-order valence-corrected chi connectivity index (χ0v) is 8.99. The lowest BCUT2D eigenvalue weighted by Crippen LogP contribution is -2.08. The third kappa shape index (κ3) is 4.13. The highest BCUT2D eigenvalue weighted by atomic mass is 16.3. The van der Waals surface area contributed by atoms with E-state index in [-0.39, 0.29) is 11.5 Å². The Morgan fingerprint density at radius 1 is 1.27 bits per heavy atom. The number of Topliss-reactive ketones (excluding diaryl/α,β-unsaturated/α-hetero) is 1. The quantitative estimate of drug-likeness (QED) is 0.554. The molecule has 1 aromatic rings. The van der Waals surface area contributed by atoms with Gasteiger partial charge < -0.3 is 10.4 Å². The summed E-state index contributed by atoms with van der Waals surface area (Å²) in [5, 5.41) is 12.1. The van der Waals surface area contributed by atoms with Gasteiger partial charge in [0.05, 0.1) is 0 Å². The second-order valence-electron chi connectivity index (χ2n) is 3.53. The van der Waals surface area contributed by atoms with E-state index in [9.17, 15) is 4.79 Å². The van der Waals surface area contributed by atoms with Crippen molar-refractivity contribution in [3.8, 4) is 5.75 Å². The van der Waals surface area contributed by atoms with Crippen LogP contribution in [0.4, 0.5) is 0 Å². The molecule has 0 aromatic heterocycles. The molecule has 0 amide bonds. The molecule has 1 rings (SSSR count). The van der Waals surface area contributed by atoms with Gasteiger partial charge in [0.25, 0.3) is 0 Å². The molecule has 2 N–H and O–H groups in total. The maximum Gasteiger partial charge on any atom is 0.162 e. The van der Waals surface area contributed by atoms with Crippen LogP contribution < -0.4 is 5.32 Å². The summed E-state index contributed by atoms with van der Waals surface area (Å²) in [6.07, 6.45) is 2.49. The number of benzene rings is 1. The molecule has 0 saturated carbocycles. The van der Waals surface area contributed by atoms with Crippen molar-refractivity contribution >= 4 is 5.78 Å². The first-order chi connectivity index (χ1) is 7.24. The predicted molar refractivity (Wildman–Crippen MR) is 60.2 cm³/mol. The summed E-state index contributed by atoms with van der Waals surface area (Å²) < 4.78 is 0. The van der Waals surface area contributed by atoms with Gasteiger partial charge >= 0.3 is 0 Å². The van der Waals surface area contributed by atoms with Gasteiger partial charge in [-0.1, -0.05) is 0 Å². The molecular formula is C12H17NO2. The molecule has 0 aliphatic rings. The molecule has 0 radical (unpaired) electrons. The van der Waals surface area contributed by atoms with Gasteiger partial charge in [0.2, 0.25) is 0 Å². The van der Waals surface area contributed by atoms with Gasteiger partial charge in [0.1, 0.15) is 5.75 Å². The van der Waals surface area contributed by atoms with Crippen molar-refractivity contribution in [2.24, 2.45) is 0 Å². The van der Waals surface area contributed by atoms with Crippen molar-refractivity contribution in [2.45, 2.75) is 19.3 Å². The summed E-state index contributed by atoms with van der Waals surface area (Å²) in [5.74, 6) is 0.341. The van der Waals surface area contributed by atoms with Gasteiger partial charge in [-0.3, -0.25) is 4.79 Å². The SMILES string of the molecule is CNCCCCC(=O)c1ccc(O)cc1. The standard InChI is InChI=1S/C12H17NO2/c1-13-9-3-2-4-12(15)10-5-7-11(14)8-6-10/h5-8,13-14H,2-4,9H2,1H3.